The van der Waals surface area contributed by atoms with Gasteiger partial charge in [-0.25, -0.2) is 11.6 Å². The third kappa shape index (κ3) is 7.34. The summed E-state index contributed by atoms with van der Waals surface area (Å²) in [5, 5.41) is 0. The molecule has 6 aliphatic rings. The van der Waals surface area contributed by atoms with Crippen LogP contribution in [0.15, 0.2) is 139 Å². The molecule has 0 bridgehead atoms. The van der Waals surface area contributed by atoms with E-state index in [9.17, 15) is 0 Å². The van der Waals surface area contributed by atoms with Crippen molar-refractivity contribution in [3.8, 4) is 0 Å². The minimum Gasteiger partial charge on any atom is -1.00 e. The summed E-state index contributed by atoms with van der Waals surface area (Å²) in [5.41, 5.74) is 8.97. The molecule has 0 nitrogen and oxygen atoms in total. The Morgan fingerprint density at radius 1 is 0.617 bits per heavy atom. The normalized spacial score (nSPS) is 36.4. The number of hydrogen-bond donors (Lipinski definition) is 0. The van der Waals surface area contributed by atoms with Gasteiger partial charge in [0.05, 0.1) is 0 Å². The van der Waals surface area contributed by atoms with Crippen LogP contribution in [0.4, 0.5) is 0 Å². The van der Waals surface area contributed by atoms with Crippen molar-refractivity contribution in [1.82, 2.24) is 0 Å². The molecule has 2 aromatic carbocycles. The maximum Gasteiger partial charge on any atom is 0.00455 e. The van der Waals surface area contributed by atoms with E-state index in [4.69, 9.17) is 0 Å². The van der Waals surface area contributed by atoms with Crippen molar-refractivity contribution in [2.75, 3.05) is 0 Å². The second-order valence-electron chi connectivity index (χ2n) is 21.7. The van der Waals surface area contributed by atoms with Crippen molar-refractivity contribution in [1.29, 1.82) is 0 Å². The number of hydrogen-bond acceptors (Lipinski definition) is 0. The maximum absolute atomic E-state index is 3.15. The van der Waals surface area contributed by atoms with Crippen LogP contribution in [0.2, 0.25) is 0 Å². The molecule has 0 radical (unpaired) electrons. The minimum absolute atomic E-state index is 0. The first kappa shape index (κ1) is 50.3. The third-order valence-corrected chi connectivity index (χ3v) is 18.6. The smallest absolute Gasteiger partial charge is 0.00455 e. The molecule has 9 atom stereocenters. The topological polar surface area (TPSA) is 0 Å². The largest absolute Gasteiger partial charge is 1.00 e. The van der Waals surface area contributed by atoms with Crippen LogP contribution < -0.4 is 24.8 Å². The van der Waals surface area contributed by atoms with Crippen molar-refractivity contribution in [2.45, 2.75) is 122 Å². The standard InChI is InChI=1S/C29H37.C21H26.C7H9.2ClH.Zr/c1-21-14-13-15-22-20-27(6)25(4)18-10-9-16-23(25,2)24(3)17-11-12-19-26(24,5)29(27,8)28(21,22)7;1-20(2,3)18-11-7-16(8-12-18)15-17-9-13-19(14-10-17)21(4,5)6;1-6-3-4-7(2)5-6;;;/h9-20,22H,1-8H3;7-14H,1-6H3;3,5,7H,1-2H3;2*1H;/q-1;;-1;;;+2/p-2. The van der Waals surface area contributed by atoms with Crippen molar-refractivity contribution in [3.63, 3.8) is 0 Å². The first-order valence-electron chi connectivity index (χ1n) is 21.8. The molecule has 8 rings (SSSR count). The quantitative estimate of drug-likeness (QED) is 0.264. The van der Waals surface area contributed by atoms with E-state index < -0.39 is 0 Å². The zero-order valence-electron chi connectivity index (χ0n) is 39.6. The Morgan fingerprint density at radius 2 is 1.03 bits per heavy atom. The minimum atomic E-state index is 0. The van der Waals surface area contributed by atoms with Crippen LogP contribution in [-0.2, 0) is 35.1 Å². The van der Waals surface area contributed by atoms with Crippen LogP contribution in [0, 0.1) is 62.2 Å². The van der Waals surface area contributed by atoms with E-state index in [0.717, 1.165) is 0 Å². The zero-order chi connectivity index (χ0) is 43.0. The van der Waals surface area contributed by atoms with E-state index in [1.165, 1.54) is 60.8 Å². The summed E-state index contributed by atoms with van der Waals surface area (Å²) in [4.78, 5) is 0. The summed E-state index contributed by atoms with van der Waals surface area (Å²) in [6.07, 6.45) is 36.6. The first-order chi connectivity index (χ1) is 26.8. The van der Waals surface area contributed by atoms with Gasteiger partial charge in [-0.05, 0) is 28.6 Å². The van der Waals surface area contributed by atoms with E-state index in [-0.39, 0.29) is 73.5 Å². The van der Waals surface area contributed by atoms with E-state index in [2.05, 4.69) is 245 Å². The molecule has 0 amide bonds. The molecule has 2 fully saturated rings. The molecule has 3 heteroatoms. The molecule has 0 aliphatic heterocycles. The van der Waals surface area contributed by atoms with Gasteiger partial charge in [-0.3, -0.25) is 6.08 Å². The van der Waals surface area contributed by atoms with Gasteiger partial charge in [-0.15, -0.1) is 24.3 Å². The van der Waals surface area contributed by atoms with E-state index in [0.29, 0.717) is 11.8 Å². The van der Waals surface area contributed by atoms with Crippen molar-refractivity contribution in [3.05, 3.63) is 173 Å². The summed E-state index contributed by atoms with van der Waals surface area (Å²) in [7, 11) is 0. The Labute approximate surface area is 394 Å². The van der Waals surface area contributed by atoms with E-state index in [1.54, 1.807) is 0 Å². The summed E-state index contributed by atoms with van der Waals surface area (Å²) in [6, 6.07) is 18.1. The van der Waals surface area contributed by atoms with Gasteiger partial charge >= 0.3 is 151 Å². The van der Waals surface area contributed by atoms with E-state index >= 15 is 0 Å². The van der Waals surface area contributed by atoms with Crippen LogP contribution in [0.3, 0.4) is 0 Å². The molecule has 2 saturated carbocycles. The molecule has 0 aromatic heterocycles. The predicted molar refractivity (Wildman–Crippen MR) is 248 cm³/mol. The molecular weight excluding hydrogens is 847 g/mol. The zero-order valence-corrected chi connectivity index (χ0v) is 43.6. The van der Waals surface area contributed by atoms with Crippen LogP contribution in [0.5, 0.6) is 0 Å². The second kappa shape index (κ2) is 17.0. The van der Waals surface area contributed by atoms with Gasteiger partial charge in [0.25, 0.3) is 0 Å². The van der Waals surface area contributed by atoms with Crippen molar-refractivity contribution in [2.24, 2.45) is 49.7 Å². The summed E-state index contributed by atoms with van der Waals surface area (Å²) < 4.78 is 1.42. The SMILES string of the molecule is CC(C)(C)c1ccc([C](=[Zr+2])c2ccc(C(C)(C)C)cc2)cc1.CC1=CC(C)[C-]=C1.CC1=CC=CC2[CH-]C3(C)C4(C)C=CC=CC4(C)C4(C)C=CC=CC4(C)C3(C)C12C.[Cl-].[Cl-]. The first-order valence-corrected chi connectivity index (χ1v) is 23.0. The van der Waals surface area contributed by atoms with Crippen LogP contribution in [0.1, 0.15) is 133 Å². The van der Waals surface area contributed by atoms with Gasteiger partial charge in [-0.2, -0.15) is 6.08 Å². The van der Waals surface area contributed by atoms with Gasteiger partial charge in [0.15, 0.2) is 0 Å². The number of fused-ring (bicyclic) bond motifs is 8. The Morgan fingerprint density at radius 3 is 1.42 bits per heavy atom. The van der Waals surface area contributed by atoms with Gasteiger partial charge in [0.2, 0.25) is 0 Å². The van der Waals surface area contributed by atoms with Crippen molar-refractivity contribution < 1.29 is 49.0 Å². The predicted octanol–water partition coefficient (Wildman–Crippen LogP) is 8.99. The molecule has 0 N–H and O–H groups in total. The molecule has 0 spiro atoms. The summed E-state index contributed by atoms with van der Waals surface area (Å²) in [5.74, 6) is 1.02. The number of rotatable bonds is 2. The molecule has 6 aliphatic carbocycles. The monoisotopic (exact) mass is 916 g/mol. The third-order valence-electron chi connectivity index (χ3n) is 17.2. The fraction of sp³-hybridized carbons (Fsp3) is 0.474. The van der Waals surface area contributed by atoms with Gasteiger partial charge in [0.1, 0.15) is 0 Å². The molecule has 9 unspecified atom stereocenters. The number of benzene rings is 2. The Hall–Kier alpha value is -2.31. The maximum atomic E-state index is 3.15. The average Bonchev–Trinajstić information content (AvgIpc) is 3.64. The fourth-order valence-electron chi connectivity index (χ4n) is 12.4. The molecule has 0 heterocycles. The van der Waals surface area contributed by atoms with Crippen LogP contribution >= 0.6 is 0 Å². The molecule has 60 heavy (non-hydrogen) atoms. The molecular formula is C57H72Cl2Zr-2. The molecule has 0 saturated heterocycles. The van der Waals surface area contributed by atoms with E-state index in [1.807, 2.05) is 6.08 Å². The summed E-state index contributed by atoms with van der Waals surface area (Å²) >= 11 is 1.46. The summed E-state index contributed by atoms with van der Waals surface area (Å²) in [6.45, 7) is 38.1. The fourth-order valence-corrected chi connectivity index (χ4v) is 13.3. The Kier molecular flexibility index (Phi) is 14.3. The number of allylic oxidation sites excluding steroid dienone is 16. The van der Waals surface area contributed by atoms with Crippen LogP contribution in [0.25, 0.3) is 0 Å². The van der Waals surface area contributed by atoms with Gasteiger partial charge in [0, 0.05) is 10.8 Å². The molecule has 320 valence electrons. The molecule has 2 aromatic rings. The average molecular weight is 919 g/mol. The van der Waals surface area contributed by atoms with Crippen LogP contribution in [-0.4, -0.2) is 3.21 Å². The Balaban J connectivity index is 0.000000227. The van der Waals surface area contributed by atoms with Gasteiger partial charge < -0.3 is 31.2 Å². The Bertz CT molecular complexity index is 2120. The number of halogens is 2. The van der Waals surface area contributed by atoms with Crippen molar-refractivity contribution >= 4 is 3.21 Å². The second-order valence-corrected chi connectivity index (χ2v) is 23.0. The van der Waals surface area contributed by atoms with Gasteiger partial charge in [-0.1, -0.05) is 128 Å².